The Hall–Kier alpha value is -5.43. The first-order valence-corrected chi connectivity index (χ1v) is 12.5. The van der Waals surface area contributed by atoms with E-state index in [1.807, 2.05) is 72.8 Å². The molecule has 0 radical (unpaired) electrons. The van der Waals surface area contributed by atoms with Crippen molar-refractivity contribution in [3.63, 3.8) is 0 Å². The number of carboxylic acid groups (broad SMARTS) is 1. The number of methoxy groups -OCH3 is 2. The van der Waals surface area contributed by atoms with Crippen LogP contribution in [-0.4, -0.2) is 30.2 Å². The lowest BCUT2D eigenvalue weighted by atomic mass is 10.1. The average molecular weight is 529 g/mol. The molecule has 0 bridgehead atoms. The van der Waals surface area contributed by atoms with Crippen molar-refractivity contribution in [2.75, 3.05) is 19.1 Å². The van der Waals surface area contributed by atoms with Gasteiger partial charge in [-0.3, -0.25) is 9.97 Å². The van der Waals surface area contributed by atoms with Crippen LogP contribution in [0.5, 0.6) is 11.5 Å². The Morgan fingerprint density at radius 1 is 0.650 bits per heavy atom. The van der Waals surface area contributed by atoms with Crippen LogP contribution in [0.2, 0.25) is 0 Å². The molecule has 0 amide bonds. The normalized spacial score (nSPS) is 10.8. The number of carboxylic acids is 1. The number of carbonyl (C=O) groups is 1. The predicted molar refractivity (Wildman–Crippen MR) is 155 cm³/mol. The van der Waals surface area contributed by atoms with Crippen LogP contribution in [0.3, 0.4) is 0 Å². The number of carbonyl (C=O) groups excluding carboxylic acids is 1. The Balaban J connectivity index is 1.40. The van der Waals surface area contributed by atoms with E-state index >= 15 is 0 Å². The minimum absolute atomic E-state index is 0.0613. The number of nitrogens with zero attached hydrogens (tertiary/aromatic N) is 3. The van der Waals surface area contributed by atoms with Crippen molar-refractivity contribution in [1.82, 2.24) is 9.97 Å². The summed E-state index contributed by atoms with van der Waals surface area (Å²) < 4.78 is 10.7. The SMILES string of the molecule is COc1ccc(N(c2ccc(/C=C/c3ccnc(-c4cc(C(=O)[O-])ccn4)c3)cc2)c2ccc(OC)cc2)cc1. The fourth-order valence-electron chi connectivity index (χ4n) is 4.22. The first-order chi connectivity index (χ1) is 19.5. The monoisotopic (exact) mass is 528 g/mol. The minimum atomic E-state index is -1.25. The average Bonchev–Trinajstić information content (AvgIpc) is 3.01. The zero-order chi connectivity index (χ0) is 27.9. The van der Waals surface area contributed by atoms with Crippen LogP contribution in [0.1, 0.15) is 21.5 Å². The van der Waals surface area contributed by atoms with E-state index < -0.39 is 5.97 Å². The van der Waals surface area contributed by atoms with Crippen molar-refractivity contribution in [2.45, 2.75) is 0 Å². The summed E-state index contributed by atoms with van der Waals surface area (Å²) >= 11 is 0. The second-order valence-corrected chi connectivity index (χ2v) is 8.85. The maximum Gasteiger partial charge on any atom is 0.119 e. The highest BCUT2D eigenvalue weighted by atomic mass is 16.5. The van der Waals surface area contributed by atoms with Crippen molar-refractivity contribution in [3.8, 4) is 22.9 Å². The molecule has 2 aromatic heterocycles. The smallest absolute Gasteiger partial charge is 0.119 e. The lowest BCUT2D eigenvalue weighted by molar-refractivity contribution is -0.255. The van der Waals surface area contributed by atoms with E-state index in [-0.39, 0.29) is 5.56 Å². The highest BCUT2D eigenvalue weighted by Crippen LogP contribution is 2.36. The molecule has 0 aliphatic rings. The van der Waals surface area contributed by atoms with Gasteiger partial charge in [0, 0.05) is 35.0 Å². The molecule has 0 aliphatic heterocycles. The molecule has 5 rings (SSSR count). The van der Waals surface area contributed by atoms with Gasteiger partial charge in [0.15, 0.2) is 0 Å². The van der Waals surface area contributed by atoms with Crippen LogP contribution < -0.4 is 19.5 Å². The third-order valence-electron chi connectivity index (χ3n) is 6.32. The third kappa shape index (κ3) is 6.00. The van der Waals surface area contributed by atoms with Gasteiger partial charge in [-0.1, -0.05) is 24.3 Å². The molecule has 3 aromatic carbocycles. The van der Waals surface area contributed by atoms with Crippen LogP contribution in [-0.2, 0) is 0 Å². The molecule has 0 N–H and O–H groups in total. The van der Waals surface area contributed by atoms with Gasteiger partial charge >= 0.3 is 0 Å². The van der Waals surface area contributed by atoms with Gasteiger partial charge in [0.1, 0.15) is 11.5 Å². The number of pyridine rings is 2. The number of ether oxygens (including phenoxy) is 2. The fraction of sp³-hybridized carbons (Fsp3) is 0.0606. The number of rotatable bonds is 9. The molecule has 0 spiro atoms. The summed E-state index contributed by atoms with van der Waals surface area (Å²) in [6, 6.07) is 30.7. The summed E-state index contributed by atoms with van der Waals surface area (Å²) in [4.78, 5) is 22.0. The molecule has 5 aromatic rings. The van der Waals surface area contributed by atoms with Crippen molar-refractivity contribution in [1.29, 1.82) is 0 Å². The first-order valence-electron chi connectivity index (χ1n) is 12.5. The molecule has 2 heterocycles. The molecule has 198 valence electrons. The van der Waals surface area contributed by atoms with Gasteiger partial charge in [0.2, 0.25) is 0 Å². The Morgan fingerprint density at radius 3 is 1.65 bits per heavy atom. The Kier molecular flexibility index (Phi) is 7.83. The molecular formula is C33H26N3O4-. The molecule has 7 heteroatoms. The van der Waals surface area contributed by atoms with Gasteiger partial charge in [0.05, 0.1) is 31.6 Å². The lowest BCUT2D eigenvalue weighted by Crippen LogP contribution is -2.22. The largest absolute Gasteiger partial charge is 0.545 e. The summed E-state index contributed by atoms with van der Waals surface area (Å²) in [6.07, 6.45) is 7.10. The second-order valence-electron chi connectivity index (χ2n) is 8.85. The van der Waals surface area contributed by atoms with E-state index in [9.17, 15) is 9.90 Å². The highest BCUT2D eigenvalue weighted by Gasteiger charge is 2.13. The Bertz CT molecular complexity index is 1580. The summed E-state index contributed by atoms with van der Waals surface area (Å²) in [5.41, 5.74) is 6.03. The molecule has 0 saturated heterocycles. The second kappa shape index (κ2) is 12.0. The maximum atomic E-state index is 11.2. The highest BCUT2D eigenvalue weighted by molar-refractivity contribution is 5.87. The molecule has 0 saturated carbocycles. The van der Waals surface area contributed by atoms with Gasteiger partial charge in [-0.05, 0) is 96.1 Å². The van der Waals surface area contributed by atoms with Crippen LogP contribution in [0.15, 0.2) is 109 Å². The fourth-order valence-corrected chi connectivity index (χ4v) is 4.22. The zero-order valence-corrected chi connectivity index (χ0v) is 22.0. The van der Waals surface area contributed by atoms with Gasteiger partial charge < -0.3 is 24.3 Å². The topological polar surface area (TPSA) is 87.6 Å². The Labute approximate surface area is 232 Å². The third-order valence-corrected chi connectivity index (χ3v) is 6.32. The molecule has 0 aliphatic carbocycles. The lowest BCUT2D eigenvalue weighted by Gasteiger charge is -2.26. The number of hydrogen-bond donors (Lipinski definition) is 0. The number of aromatic carboxylic acids is 1. The number of benzene rings is 3. The van der Waals surface area contributed by atoms with Crippen molar-refractivity contribution < 1.29 is 19.4 Å². The molecule has 0 atom stereocenters. The van der Waals surface area contributed by atoms with Crippen LogP contribution >= 0.6 is 0 Å². The van der Waals surface area contributed by atoms with Crippen LogP contribution in [0.25, 0.3) is 23.5 Å². The molecular weight excluding hydrogens is 502 g/mol. The van der Waals surface area contributed by atoms with Gasteiger partial charge in [-0.25, -0.2) is 0 Å². The quantitative estimate of drug-likeness (QED) is 0.226. The van der Waals surface area contributed by atoms with E-state index in [0.717, 1.165) is 39.7 Å². The van der Waals surface area contributed by atoms with Crippen molar-refractivity contribution in [3.05, 3.63) is 126 Å². The van der Waals surface area contributed by atoms with E-state index in [4.69, 9.17) is 9.47 Å². The number of hydrogen-bond acceptors (Lipinski definition) is 7. The summed E-state index contributed by atoms with van der Waals surface area (Å²) in [5.74, 6) is 0.335. The molecule has 7 nitrogen and oxygen atoms in total. The maximum absolute atomic E-state index is 11.2. The van der Waals surface area contributed by atoms with E-state index in [1.165, 1.54) is 18.3 Å². The van der Waals surface area contributed by atoms with E-state index in [1.54, 1.807) is 20.4 Å². The van der Waals surface area contributed by atoms with Gasteiger partial charge in [0.25, 0.3) is 0 Å². The Morgan fingerprint density at radius 2 is 1.12 bits per heavy atom. The summed E-state index contributed by atoms with van der Waals surface area (Å²) in [5, 5.41) is 11.2. The summed E-state index contributed by atoms with van der Waals surface area (Å²) in [7, 11) is 3.31. The standard InChI is InChI=1S/C33H27N3O4/c1-39-29-13-9-27(10-14-29)36(28-11-15-30(40-2)16-12-28)26-7-5-23(6-8-26)3-4-24-17-19-34-31(21-24)32-22-25(33(37)38)18-20-35-32/h3-22H,1-2H3,(H,37,38)/p-1/b4-3+. The van der Waals surface area contributed by atoms with Crippen LogP contribution in [0.4, 0.5) is 17.1 Å². The van der Waals surface area contributed by atoms with Crippen molar-refractivity contribution >= 4 is 35.2 Å². The van der Waals surface area contributed by atoms with Gasteiger partial charge in [-0.2, -0.15) is 0 Å². The van der Waals surface area contributed by atoms with E-state index in [2.05, 4.69) is 39.1 Å². The first kappa shape index (κ1) is 26.2. The van der Waals surface area contributed by atoms with Crippen molar-refractivity contribution in [2.24, 2.45) is 0 Å². The molecule has 0 fully saturated rings. The predicted octanol–water partition coefficient (Wildman–Crippen LogP) is 6.16. The number of aromatic nitrogens is 2. The molecule has 40 heavy (non-hydrogen) atoms. The summed E-state index contributed by atoms with van der Waals surface area (Å²) in [6.45, 7) is 0. The van der Waals surface area contributed by atoms with E-state index in [0.29, 0.717) is 11.4 Å². The van der Waals surface area contributed by atoms with Crippen LogP contribution in [0, 0.1) is 0 Å². The minimum Gasteiger partial charge on any atom is -0.545 e. The zero-order valence-electron chi connectivity index (χ0n) is 22.0. The van der Waals surface area contributed by atoms with Gasteiger partial charge in [-0.15, -0.1) is 0 Å². The molecule has 0 unspecified atom stereocenters. The number of anilines is 3.